The Hall–Kier alpha value is -2.83. The highest BCUT2D eigenvalue weighted by Crippen LogP contribution is 2.42. The molecule has 2 saturated heterocycles. The summed E-state index contributed by atoms with van der Waals surface area (Å²) in [5.41, 5.74) is 4.81. The molecule has 2 aliphatic heterocycles. The summed E-state index contributed by atoms with van der Waals surface area (Å²) in [5.74, 6) is 0.992. The zero-order valence-corrected chi connectivity index (χ0v) is 20.7. The summed E-state index contributed by atoms with van der Waals surface area (Å²) in [5, 5.41) is 13.3. The molecule has 6 heteroatoms. The number of hydrogen-bond acceptors (Lipinski definition) is 4. The largest absolute Gasteiger partial charge is 0.497 e. The number of hydrogen-bond donors (Lipinski definition) is 2. The lowest BCUT2D eigenvalue weighted by atomic mass is 9.74. The molecule has 1 aliphatic carbocycles. The number of urea groups is 1. The first kappa shape index (κ1) is 23.9. The van der Waals surface area contributed by atoms with Gasteiger partial charge in [-0.05, 0) is 86.0 Å². The Balaban J connectivity index is 1.31. The second-order valence-electron chi connectivity index (χ2n) is 9.99. The molecule has 0 bridgehead atoms. The van der Waals surface area contributed by atoms with Gasteiger partial charge in [0.05, 0.1) is 13.7 Å². The molecule has 2 fully saturated rings. The van der Waals surface area contributed by atoms with Crippen molar-refractivity contribution in [3.05, 3.63) is 65.7 Å². The zero-order chi connectivity index (χ0) is 24.2. The number of allylic oxidation sites excluding steroid dienone is 2. The van der Waals surface area contributed by atoms with Crippen molar-refractivity contribution < 1.29 is 14.6 Å². The lowest BCUT2D eigenvalue weighted by Gasteiger charge is -2.57. The lowest BCUT2D eigenvalue weighted by Crippen LogP contribution is -2.68. The van der Waals surface area contributed by atoms with Crippen molar-refractivity contribution in [1.82, 2.24) is 9.80 Å². The highest BCUT2D eigenvalue weighted by atomic mass is 16.5. The Bertz CT molecular complexity index is 1030. The molecule has 0 spiro atoms. The second-order valence-corrected chi connectivity index (χ2v) is 9.99. The maximum atomic E-state index is 13.2. The van der Waals surface area contributed by atoms with Crippen molar-refractivity contribution in [1.29, 1.82) is 0 Å². The van der Waals surface area contributed by atoms with E-state index in [9.17, 15) is 9.90 Å². The number of aliphatic hydroxyl groups excluding tert-OH is 1. The monoisotopic (exact) mass is 475 g/mol. The Morgan fingerprint density at radius 3 is 2.49 bits per heavy atom. The van der Waals surface area contributed by atoms with E-state index < -0.39 is 0 Å². The van der Waals surface area contributed by atoms with E-state index in [1.165, 1.54) is 36.0 Å². The van der Waals surface area contributed by atoms with Gasteiger partial charge in [-0.1, -0.05) is 30.3 Å². The van der Waals surface area contributed by atoms with Gasteiger partial charge >= 0.3 is 6.03 Å². The van der Waals surface area contributed by atoms with Gasteiger partial charge in [0.15, 0.2) is 0 Å². The van der Waals surface area contributed by atoms with Crippen LogP contribution in [0.5, 0.6) is 5.75 Å². The quantitative estimate of drug-likeness (QED) is 0.631. The van der Waals surface area contributed by atoms with Crippen molar-refractivity contribution in [3.8, 4) is 5.75 Å². The number of methoxy groups -OCH3 is 1. The van der Waals surface area contributed by atoms with Gasteiger partial charge in [-0.3, -0.25) is 4.90 Å². The minimum atomic E-state index is -0.0669. The van der Waals surface area contributed by atoms with Crippen molar-refractivity contribution >= 4 is 17.3 Å². The third-order valence-corrected chi connectivity index (χ3v) is 7.96. The van der Waals surface area contributed by atoms with E-state index in [2.05, 4.69) is 40.6 Å². The minimum Gasteiger partial charge on any atom is -0.497 e. The normalized spacial score (nSPS) is 24.9. The standard InChI is InChI=1S/C29H37N3O3/c1-35-25-15-13-24(14-16-25)30-29(34)31-17-5-6-18-32-26(19-31)28(27(32)20-33)23-11-9-22(10-12-23)21-7-3-2-4-8-21/h7,9-16,26-28,33H,2-6,8,17-20H2,1H3,(H,30,34)/t26-,27+,28+/m0/s1. The fourth-order valence-electron chi connectivity index (χ4n) is 6.02. The van der Waals surface area contributed by atoms with Crippen molar-refractivity contribution in [2.75, 3.05) is 38.7 Å². The summed E-state index contributed by atoms with van der Waals surface area (Å²) in [6.07, 6.45) is 9.28. The first-order chi connectivity index (χ1) is 17.2. The molecule has 3 atom stereocenters. The maximum absolute atomic E-state index is 13.2. The Kier molecular flexibility index (Phi) is 7.40. The Morgan fingerprint density at radius 1 is 1.03 bits per heavy atom. The van der Waals surface area contributed by atoms with Crippen molar-refractivity contribution in [3.63, 3.8) is 0 Å². The second kappa shape index (κ2) is 10.8. The number of ether oxygens (including phenoxy) is 1. The molecule has 2 amide bonds. The van der Waals surface area contributed by atoms with Gasteiger partial charge in [0.25, 0.3) is 0 Å². The van der Waals surface area contributed by atoms with Gasteiger partial charge in [0, 0.05) is 36.8 Å². The van der Waals surface area contributed by atoms with Crippen LogP contribution in [-0.4, -0.2) is 66.4 Å². The van der Waals surface area contributed by atoms with Crippen LogP contribution in [0.1, 0.15) is 55.6 Å². The van der Waals surface area contributed by atoms with E-state index in [1.54, 1.807) is 7.11 Å². The fourth-order valence-corrected chi connectivity index (χ4v) is 6.02. The number of carbonyl (C=O) groups excluding carboxylic acids is 1. The highest BCUT2D eigenvalue weighted by Gasteiger charge is 2.49. The first-order valence-corrected chi connectivity index (χ1v) is 13.0. The number of nitrogens with zero attached hydrogens (tertiary/aromatic N) is 2. The fraction of sp³-hybridized carbons (Fsp3) is 0.483. The van der Waals surface area contributed by atoms with Gasteiger partial charge in [-0.15, -0.1) is 0 Å². The van der Waals surface area contributed by atoms with E-state index in [1.807, 2.05) is 29.2 Å². The number of carbonyl (C=O) groups is 1. The third-order valence-electron chi connectivity index (χ3n) is 7.96. The van der Waals surface area contributed by atoms with Crippen LogP contribution in [0.4, 0.5) is 10.5 Å². The van der Waals surface area contributed by atoms with Crippen LogP contribution in [0.25, 0.3) is 5.57 Å². The van der Waals surface area contributed by atoms with Crippen LogP contribution in [0.2, 0.25) is 0 Å². The Labute approximate surface area is 208 Å². The number of aliphatic hydroxyl groups is 1. The molecular formula is C29H37N3O3. The Morgan fingerprint density at radius 2 is 1.80 bits per heavy atom. The van der Waals surface area contributed by atoms with E-state index in [4.69, 9.17) is 4.74 Å². The third kappa shape index (κ3) is 5.09. The highest BCUT2D eigenvalue weighted by molar-refractivity contribution is 5.89. The number of fused-ring (bicyclic) bond motifs is 1. The number of anilines is 1. The molecule has 6 nitrogen and oxygen atoms in total. The average Bonchev–Trinajstić information content (AvgIpc) is 2.89. The topological polar surface area (TPSA) is 65.0 Å². The van der Waals surface area contributed by atoms with Gasteiger partial charge in [0.1, 0.15) is 5.75 Å². The molecular weight excluding hydrogens is 438 g/mol. The molecule has 2 aromatic rings. The van der Waals surface area contributed by atoms with Gasteiger partial charge < -0.3 is 20.1 Å². The number of amides is 2. The van der Waals surface area contributed by atoms with Crippen molar-refractivity contribution in [2.45, 2.75) is 56.5 Å². The van der Waals surface area contributed by atoms with Crippen LogP contribution in [0.15, 0.2) is 54.6 Å². The molecule has 3 aliphatic rings. The number of rotatable bonds is 5. The zero-order valence-electron chi connectivity index (χ0n) is 20.7. The summed E-state index contributed by atoms with van der Waals surface area (Å²) in [7, 11) is 1.63. The molecule has 0 aromatic heterocycles. The summed E-state index contributed by atoms with van der Waals surface area (Å²) < 4.78 is 5.22. The molecule has 0 radical (unpaired) electrons. The van der Waals surface area contributed by atoms with E-state index in [0.29, 0.717) is 6.54 Å². The van der Waals surface area contributed by atoms with E-state index >= 15 is 0 Å². The molecule has 0 saturated carbocycles. The minimum absolute atomic E-state index is 0.0669. The smallest absolute Gasteiger partial charge is 0.321 e. The van der Waals surface area contributed by atoms with Crippen LogP contribution < -0.4 is 10.1 Å². The molecule has 2 heterocycles. The molecule has 0 unspecified atom stereocenters. The average molecular weight is 476 g/mol. The van der Waals surface area contributed by atoms with Gasteiger partial charge in [-0.2, -0.15) is 0 Å². The molecule has 2 aromatic carbocycles. The van der Waals surface area contributed by atoms with E-state index in [0.717, 1.165) is 43.8 Å². The molecule has 35 heavy (non-hydrogen) atoms. The van der Waals surface area contributed by atoms with Crippen molar-refractivity contribution in [2.24, 2.45) is 0 Å². The molecule has 186 valence electrons. The van der Waals surface area contributed by atoms with Crippen LogP contribution >= 0.6 is 0 Å². The summed E-state index contributed by atoms with van der Waals surface area (Å²) in [4.78, 5) is 17.5. The lowest BCUT2D eigenvalue weighted by molar-refractivity contribution is -0.0585. The first-order valence-electron chi connectivity index (χ1n) is 13.0. The van der Waals surface area contributed by atoms with Gasteiger partial charge in [0.2, 0.25) is 0 Å². The summed E-state index contributed by atoms with van der Waals surface area (Å²) in [6, 6.07) is 16.7. The number of benzene rings is 2. The predicted octanol–water partition coefficient (Wildman–Crippen LogP) is 5.11. The summed E-state index contributed by atoms with van der Waals surface area (Å²) >= 11 is 0. The molecule has 2 N–H and O–H groups in total. The predicted molar refractivity (Wildman–Crippen MR) is 140 cm³/mol. The van der Waals surface area contributed by atoms with Gasteiger partial charge in [-0.25, -0.2) is 4.79 Å². The van der Waals surface area contributed by atoms with E-state index in [-0.39, 0.29) is 30.6 Å². The maximum Gasteiger partial charge on any atom is 0.321 e. The van der Waals surface area contributed by atoms with Crippen LogP contribution in [0, 0.1) is 0 Å². The SMILES string of the molecule is COc1ccc(NC(=O)N2CCCCN3[C@H](CO)[C@H](c4ccc(C5=CCCCC5)cc4)[C@@H]3C2)cc1. The van der Waals surface area contributed by atoms with Crippen LogP contribution in [-0.2, 0) is 0 Å². The summed E-state index contributed by atoms with van der Waals surface area (Å²) in [6.45, 7) is 2.53. The molecule has 5 rings (SSSR count). The van der Waals surface area contributed by atoms with Crippen LogP contribution in [0.3, 0.4) is 0 Å². The number of nitrogens with one attached hydrogen (secondary N) is 1.